The number of anilines is 1. The maximum absolute atomic E-state index is 4.51. The predicted octanol–water partition coefficient (Wildman–Crippen LogP) is 3.97. The van der Waals surface area contributed by atoms with Crippen LogP contribution in [0.2, 0.25) is 0 Å². The normalized spacial score (nSPS) is 10.8. The number of aromatic nitrogens is 2. The molecule has 0 unspecified atom stereocenters. The molecule has 102 valence electrons. The van der Waals surface area contributed by atoms with E-state index in [0.717, 1.165) is 23.1 Å². The van der Waals surface area contributed by atoms with Crippen molar-refractivity contribution in [2.45, 2.75) is 33.7 Å². The fourth-order valence-electron chi connectivity index (χ4n) is 2.20. The van der Waals surface area contributed by atoms with E-state index < -0.39 is 0 Å². The number of halogens is 1. The van der Waals surface area contributed by atoms with Crippen LogP contribution < -0.4 is 5.32 Å². The Morgan fingerprint density at radius 2 is 2.05 bits per heavy atom. The van der Waals surface area contributed by atoms with Crippen molar-refractivity contribution >= 4 is 21.6 Å². The zero-order chi connectivity index (χ0) is 14.0. The summed E-state index contributed by atoms with van der Waals surface area (Å²) in [5.74, 6) is 0. The SMILES string of the molecule is CCc1nn(C)c(CNc2ccc(C)cc2C)c1Br. The first-order chi connectivity index (χ1) is 9.02. The van der Waals surface area contributed by atoms with Gasteiger partial charge in [0.25, 0.3) is 0 Å². The van der Waals surface area contributed by atoms with Crippen LogP contribution in [-0.2, 0) is 20.0 Å². The summed E-state index contributed by atoms with van der Waals surface area (Å²) in [6.07, 6.45) is 0.942. The average molecular weight is 322 g/mol. The minimum Gasteiger partial charge on any atom is -0.379 e. The van der Waals surface area contributed by atoms with Crippen molar-refractivity contribution in [3.05, 3.63) is 45.2 Å². The first kappa shape index (κ1) is 14.1. The van der Waals surface area contributed by atoms with Crippen molar-refractivity contribution in [2.75, 3.05) is 5.32 Å². The third-order valence-electron chi connectivity index (χ3n) is 3.33. The fraction of sp³-hybridized carbons (Fsp3) is 0.400. The van der Waals surface area contributed by atoms with E-state index in [1.54, 1.807) is 0 Å². The van der Waals surface area contributed by atoms with Crippen molar-refractivity contribution in [1.82, 2.24) is 9.78 Å². The van der Waals surface area contributed by atoms with Crippen LogP contribution in [0, 0.1) is 13.8 Å². The standard InChI is InChI=1S/C15H20BrN3/c1-5-12-15(16)14(19(4)18-12)9-17-13-7-6-10(2)8-11(13)3/h6-8,17H,5,9H2,1-4H3. The molecule has 1 heterocycles. The largest absolute Gasteiger partial charge is 0.379 e. The highest BCUT2D eigenvalue weighted by atomic mass is 79.9. The molecule has 0 radical (unpaired) electrons. The highest BCUT2D eigenvalue weighted by Gasteiger charge is 2.12. The molecule has 1 aromatic carbocycles. The number of hydrogen-bond acceptors (Lipinski definition) is 2. The highest BCUT2D eigenvalue weighted by molar-refractivity contribution is 9.10. The summed E-state index contributed by atoms with van der Waals surface area (Å²) >= 11 is 3.64. The Morgan fingerprint density at radius 3 is 2.63 bits per heavy atom. The van der Waals surface area contributed by atoms with Crippen LogP contribution in [0.1, 0.15) is 29.4 Å². The lowest BCUT2D eigenvalue weighted by atomic mass is 10.1. The highest BCUT2D eigenvalue weighted by Crippen LogP contribution is 2.23. The molecule has 1 N–H and O–H groups in total. The molecule has 0 saturated carbocycles. The van der Waals surface area contributed by atoms with Gasteiger partial charge in [-0.05, 0) is 47.8 Å². The lowest BCUT2D eigenvalue weighted by Crippen LogP contribution is -2.06. The van der Waals surface area contributed by atoms with Gasteiger partial charge >= 0.3 is 0 Å². The molecule has 19 heavy (non-hydrogen) atoms. The smallest absolute Gasteiger partial charge is 0.0767 e. The summed E-state index contributed by atoms with van der Waals surface area (Å²) < 4.78 is 3.06. The molecule has 0 saturated heterocycles. The van der Waals surface area contributed by atoms with Crippen LogP contribution in [-0.4, -0.2) is 9.78 Å². The van der Waals surface area contributed by atoms with Gasteiger partial charge in [0.1, 0.15) is 0 Å². The Bertz CT molecular complexity index is 587. The van der Waals surface area contributed by atoms with Gasteiger partial charge in [-0.25, -0.2) is 0 Å². The third kappa shape index (κ3) is 3.00. The van der Waals surface area contributed by atoms with Crippen molar-refractivity contribution in [1.29, 1.82) is 0 Å². The van der Waals surface area contributed by atoms with E-state index in [9.17, 15) is 0 Å². The van der Waals surface area contributed by atoms with E-state index in [1.807, 2.05) is 11.7 Å². The van der Waals surface area contributed by atoms with E-state index >= 15 is 0 Å². The Kier molecular flexibility index (Phi) is 4.30. The predicted molar refractivity (Wildman–Crippen MR) is 83.5 cm³/mol. The minimum absolute atomic E-state index is 0.772. The van der Waals surface area contributed by atoms with Gasteiger partial charge in [0.15, 0.2) is 0 Å². The lowest BCUT2D eigenvalue weighted by molar-refractivity contribution is 0.706. The molecule has 3 nitrogen and oxygen atoms in total. The van der Waals surface area contributed by atoms with E-state index in [2.05, 4.69) is 65.3 Å². The molecule has 0 fully saturated rings. The summed E-state index contributed by atoms with van der Waals surface area (Å²) in [6.45, 7) is 7.13. The second-order valence-electron chi connectivity index (χ2n) is 4.86. The molecule has 2 aromatic rings. The Labute approximate surface area is 123 Å². The van der Waals surface area contributed by atoms with Crippen LogP contribution in [0.15, 0.2) is 22.7 Å². The molecule has 4 heteroatoms. The second kappa shape index (κ2) is 5.78. The number of nitrogens with one attached hydrogen (secondary N) is 1. The number of hydrogen-bond donors (Lipinski definition) is 1. The average Bonchev–Trinajstić information content (AvgIpc) is 2.64. The number of aryl methyl sites for hydroxylation is 4. The van der Waals surface area contributed by atoms with Crippen LogP contribution in [0.25, 0.3) is 0 Å². The molecular formula is C15H20BrN3. The summed E-state index contributed by atoms with van der Waals surface area (Å²) in [7, 11) is 1.99. The van der Waals surface area contributed by atoms with Crippen molar-refractivity contribution in [2.24, 2.45) is 7.05 Å². The van der Waals surface area contributed by atoms with E-state index in [0.29, 0.717) is 0 Å². The van der Waals surface area contributed by atoms with E-state index in [1.165, 1.54) is 22.5 Å². The fourth-order valence-corrected chi connectivity index (χ4v) is 2.96. The van der Waals surface area contributed by atoms with Crippen LogP contribution in [0.4, 0.5) is 5.69 Å². The molecule has 0 spiro atoms. The first-order valence-electron chi connectivity index (χ1n) is 6.54. The molecular weight excluding hydrogens is 302 g/mol. The molecule has 1 aromatic heterocycles. The number of nitrogens with zero attached hydrogens (tertiary/aromatic N) is 2. The number of benzene rings is 1. The van der Waals surface area contributed by atoms with Crippen LogP contribution in [0.3, 0.4) is 0 Å². The van der Waals surface area contributed by atoms with Gasteiger partial charge in [-0.15, -0.1) is 0 Å². The lowest BCUT2D eigenvalue weighted by Gasteiger charge is -2.11. The summed E-state index contributed by atoms with van der Waals surface area (Å²) in [6, 6.07) is 6.46. The van der Waals surface area contributed by atoms with Gasteiger partial charge in [-0.1, -0.05) is 24.6 Å². The monoisotopic (exact) mass is 321 g/mol. The molecule has 0 bridgehead atoms. The second-order valence-corrected chi connectivity index (χ2v) is 5.65. The Hall–Kier alpha value is -1.29. The number of rotatable bonds is 4. The van der Waals surface area contributed by atoms with Gasteiger partial charge in [-0.3, -0.25) is 4.68 Å². The van der Waals surface area contributed by atoms with Crippen molar-refractivity contribution < 1.29 is 0 Å². The van der Waals surface area contributed by atoms with Gasteiger partial charge < -0.3 is 5.32 Å². The molecule has 0 aliphatic rings. The molecule has 0 aliphatic heterocycles. The molecule has 0 aliphatic carbocycles. The van der Waals surface area contributed by atoms with Crippen LogP contribution in [0.5, 0.6) is 0 Å². The third-order valence-corrected chi connectivity index (χ3v) is 4.25. The van der Waals surface area contributed by atoms with Gasteiger partial charge in [0, 0.05) is 12.7 Å². The maximum Gasteiger partial charge on any atom is 0.0767 e. The zero-order valence-corrected chi connectivity index (χ0v) is 13.5. The van der Waals surface area contributed by atoms with Crippen LogP contribution >= 0.6 is 15.9 Å². The van der Waals surface area contributed by atoms with Crippen molar-refractivity contribution in [3.63, 3.8) is 0 Å². The zero-order valence-electron chi connectivity index (χ0n) is 11.9. The summed E-state index contributed by atoms with van der Waals surface area (Å²) in [5.41, 5.74) is 6.03. The quantitative estimate of drug-likeness (QED) is 0.923. The summed E-state index contributed by atoms with van der Waals surface area (Å²) in [5, 5.41) is 7.99. The molecule has 0 atom stereocenters. The topological polar surface area (TPSA) is 29.9 Å². The van der Waals surface area contributed by atoms with Gasteiger partial charge in [-0.2, -0.15) is 5.10 Å². The minimum atomic E-state index is 0.772. The Balaban J connectivity index is 2.16. The molecule has 0 amide bonds. The van der Waals surface area contributed by atoms with E-state index in [-0.39, 0.29) is 0 Å². The first-order valence-corrected chi connectivity index (χ1v) is 7.33. The Morgan fingerprint density at radius 1 is 1.32 bits per heavy atom. The molecule has 2 rings (SSSR count). The van der Waals surface area contributed by atoms with Gasteiger partial charge in [0.05, 0.1) is 22.4 Å². The van der Waals surface area contributed by atoms with Gasteiger partial charge in [0.2, 0.25) is 0 Å². The van der Waals surface area contributed by atoms with E-state index in [4.69, 9.17) is 0 Å². The summed E-state index contributed by atoms with van der Waals surface area (Å²) in [4.78, 5) is 0. The maximum atomic E-state index is 4.51. The van der Waals surface area contributed by atoms with Crippen molar-refractivity contribution in [3.8, 4) is 0 Å².